The standard InChI is InChI=1S/C25H33FN2O3/c1-15(2)13-25(7,28-23(29)31-24(4,5)6)14-30-21-9-8-17-18-10-11-27-16(3)19(18)12-20(17)22(21)26/h8-11,15H,12-14H2,1-7H3,(H,28,29). The van der Waals surface area contributed by atoms with Crippen LogP contribution >= 0.6 is 0 Å². The third-order valence-corrected chi connectivity index (χ3v) is 5.33. The van der Waals surface area contributed by atoms with Gasteiger partial charge in [0.2, 0.25) is 0 Å². The van der Waals surface area contributed by atoms with Crippen LogP contribution in [0.2, 0.25) is 0 Å². The number of alkyl carbamates (subject to hydrolysis) is 1. The number of nitrogens with one attached hydrogen (secondary N) is 1. The molecule has 0 saturated carbocycles. The first-order chi connectivity index (χ1) is 14.4. The van der Waals surface area contributed by atoms with Crippen LogP contribution in [0.5, 0.6) is 5.75 Å². The lowest BCUT2D eigenvalue weighted by Crippen LogP contribution is -2.52. The number of rotatable bonds is 6. The second-order valence-corrected chi connectivity index (χ2v) is 10.1. The summed E-state index contributed by atoms with van der Waals surface area (Å²) >= 11 is 0. The largest absolute Gasteiger partial charge is 0.488 e. The number of halogens is 1. The van der Waals surface area contributed by atoms with Gasteiger partial charge < -0.3 is 14.8 Å². The zero-order chi connectivity index (χ0) is 23.0. The predicted octanol–water partition coefficient (Wildman–Crippen LogP) is 5.81. The molecular formula is C25H33FN2O3. The van der Waals surface area contributed by atoms with Crippen molar-refractivity contribution in [2.45, 2.75) is 72.4 Å². The van der Waals surface area contributed by atoms with Gasteiger partial charge in [0.25, 0.3) is 0 Å². The van der Waals surface area contributed by atoms with Gasteiger partial charge in [-0.1, -0.05) is 19.9 Å². The maximum absolute atomic E-state index is 15.3. The number of hydrogen-bond acceptors (Lipinski definition) is 4. The number of carbonyl (C=O) groups is 1. The average Bonchev–Trinajstić information content (AvgIpc) is 3.00. The van der Waals surface area contributed by atoms with Crippen LogP contribution < -0.4 is 10.1 Å². The zero-order valence-electron chi connectivity index (χ0n) is 19.6. The van der Waals surface area contributed by atoms with E-state index in [1.807, 2.05) is 46.8 Å². The molecule has 1 aromatic heterocycles. The third kappa shape index (κ3) is 5.35. The summed E-state index contributed by atoms with van der Waals surface area (Å²) < 4.78 is 26.7. The van der Waals surface area contributed by atoms with Crippen molar-refractivity contribution in [2.75, 3.05) is 6.61 Å². The van der Waals surface area contributed by atoms with Crippen molar-refractivity contribution in [3.8, 4) is 16.9 Å². The zero-order valence-corrected chi connectivity index (χ0v) is 19.6. The summed E-state index contributed by atoms with van der Waals surface area (Å²) in [5.41, 5.74) is 3.23. The number of amides is 1. The molecule has 5 nitrogen and oxygen atoms in total. The van der Waals surface area contributed by atoms with Gasteiger partial charge in [0.05, 0.1) is 5.54 Å². The lowest BCUT2D eigenvalue weighted by atomic mass is 9.91. The molecule has 6 heteroatoms. The molecule has 1 N–H and O–H groups in total. The number of pyridine rings is 1. The number of hydrogen-bond donors (Lipinski definition) is 1. The number of nitrogens with zero attached hydrogens (tertiary/aromatic N) is 1. The van der Waals surface area contributed by atoms with Gasteiger partial charge in [-0.15, -0.1) is 0 Å². The summed E-state index contributed by atoms with van der Waals surface area (Å²) in [6, 6.07) is 5.50. The van der Waals surface area contributed by atoms with E-state index < -0.39 is 17.2 Å². The second-order valence-electron chi connectivity index (χ2n) is 10.1. The van der Waals surface area contributed by atoms with Crippen LogP contribution in [-0.4, -0.2) is 28.8 Å². The highest BCUT2D eigenvalue weighted by atomic mass is 19.1. The van der Waals surface area contributed by atoms with Crippen LogP contribution in [0.3, 0.4) is 0 Å². The summed E-state index contributed by atoms with van der Waals surface area (Å²) in [4.78, 5) is 16.7. The molecule has 2 aromatic rings. The van der Waals surface area contributed by atoms with Gasteiger partial charge in [0, 0.05) is 23.9 Å². The number of benzene rings is 1. The summed E-state index contributed by atoms with van der Waals surface area (Å²) in [5.74, 6) is 0.147. The number of aryl methyl sites for hydroxylation is 1. The fraction of sp³-hybridized carbons (Fsp3) is 0.520. The molecule has 0 radical (unpaired) electrons. The van der Waals surface area contributed by atoms with E-state index >= 15 is 4.39 Å². The van der Waals surface area contributed by atoms with Gasteiger partial charge in [0.15, 0.2) is 11.6 Å². The first kappa shape index (κ1) is 23.0. The fourth-order valence-corrected chi connectivity index (χ4v) is 4.22. The normalized spacial score (nSPS) is 14.6. The lowest BCUT2D eigenvalue weighted by Gasteiger charge is -2.33. The van der Waals surface area contributed by atoms with Crippen LogP contribution in [0, 0.1) is 18.7 Å². The monoisotopic (exact) mass is 428 g/mol. The minimum atomic E-state index is -0.703. The van der Waals surface area contributed by atoms with Crippen molar-refractivity contribution in [2.24, 2.45) is 5.92 Å². The molecule has 168 valence electrons. The van der Waals surface area contributed by atoms with Gasteiger partial charge >= 0.3 is 6.09 Å². The highest BCUT2D eigenvalue weighted by Crippen LogP contribution is 2.41. The quantitative estimate of drug-likeness (QED) is 0.538. The minimum absolute atomic E-state index is 0.133. The molecule has 1 atom stereocenters. The van der Waals surface area contributed by atoms with Gasteiger partial charge in [-0.3, -0.25) is 4.98 Å². The van der Waals surface area contributed by atoms with Crippen molar-refractivity contribution in [1.29, 1.82) is 0 Å². The summed E-state index contributed by atoms with van der Waals surface area (Å²) in [7, 11) is 0. The van der Waals surface area contributed by atoms with Gasteiger partial charge in [-0.05, 0) is 75.8 Å². The molecule has 1 heterocycles. The van der Waals surface area contributed by atoms with E-state index in [0.717, 1.165) is 22.4 Å². The SMILES string of the molecule is Cc1nccc2c1Cc1c-2ccc(OCC(C)(CC(C)C)NC(=O)OC(C)(C)C)c1F. The van der Waals surface area contributed by atoms with E-state index in [0.29, 0.717) is 24.3 Å². The Hall–Kier alpha value is -2.63. The highest BCUT2D eigenvalue weighted by molar-refractivity contribution is 5.78. The predicted molar refractivity (Wildman–Crippen MR) is 120 cm³/mol. The molecule has 1 aliphatic carbocycles. The first-order valence-electron chi connectivity index (χ1n) is 10.8. The van der Waals surface area contributed by atoms with Gasteiger partial charge in [-0.25, -0.2) is 9.18 Å². The van der Waals surface area contributed by atoms with Gasteiger partial charge in [-0.2, -0.15) is 0 Å². The average molecular weight is 429 g/mol. The van der Waals surface area contributed by atoms with Crippen molar-refractivity contribution >= 4 is 6.09 Å². The number of fused-ring (bicyclic) bond motifs is 3. The maximum Gasteiger partial charge on any atom is 0.408 e. The number of ether oxygens (including phenoxy) is 2. The smallest absolute Gasteiger partial charge is 0.408 e. The van der Waals surface area contributed by atoms with E-state index in [9.17, 15) is 4.79 Å². The van der Waals surface area contributed by atoms with Crippen LogP contribution in [0.4, 0.5) is 9.18 Å². The minimum Gasteiger partial charge on any atom is -0.488 e. The van der Waals surface area contributed by atoms with Crippen LogP contribution in [0.15, 0.2) is 24.4 Å². The first-order valence-corrected chi connectivity index (χ1v) is 10.8. The Morgan fingerprint density at radius 1 is 1.16 bits per heavy atom. The molecule has 3 rings (SSSR count). The van der Waals surface area contributed by atoms with Crippen LogP contribution in [0.25, 0.3) is 11.1 Å². The topological polar surface area (TPSA) is 60.5 Å². The second kappa shape index (κ2) is 8.48. The molecular weight excluding hydrogens is 395 g/mol. The van der Waals surface area contributed by atoms with E-state index in [-0.39, 0.29) is 18.2 Å². The molecule has 0 aliphatic heterocycles. The molecule has 1 unspecified atom stereocenters. The Balaban J connectivity index is 1.78. The molecule has 1 aromatic carbocycles. The number of carbonyl (C=O) groups excluding carboxylic acids is 1. The molecule has 31 heavy (non-hydrogen) atoms. The Labute approximate surface area is 184 Å². The fourth-order valence-electron chi connectivity index (χ4n) is 4.22. The van der Waals surface area contributed by atoms with E-state index in [1.165, 1.54) is 0 Å². The van der Waals surface area contributed by atoms with Crippen LogP contribution in [-0.2, 0) is 11.2 Å². The molecule has 1 aliphatic rings. The molecule has 0 bridgehead atoms. The van der Waals surface area contributed by atoms with Crippen molar-refractivity contribution in [1.82, 2.24) is 10.3 Å². The van der Waals surface area contributed by atoms with Gasteiger partial charge in [0.1, 0.15) is 12.2 Å². The summed E-state index contributed by atoms with van der Waals surface area (Å²) in [6.07, 6.45) is 2.42. The summed E-state index contributed by atoms with van der Waals surface area (Å²) in [5, 5.41) is 2.93. The Morgan fingerprint density at radius 2 is 1.84 bits per heavy atom. The Morgan fingerprint density at radius 3 is 2.48 bits per heavy atom. The Bertz CT molecular complexity index is 981. The van der Waals surface area contributed by atoms with Crippen molar-refractivity contribution in [3.05, 3.63) is 47.0 Å². The van der Waals surface area contributed by atoms with Crippen LogP contribution in [0.1, 0.15) is 64.8 Å². The Kier molecular flexibility index (Phi) is 6.30. The van der Waals surface area contributed by atoms with E-state index in [2.05, 4.69) is 24.1 Å². The van der Waals surface area contributed by atoms with Crippen molar-refractivity contribution in [3.63, 3.8) is 0 Å². The molecule has 0 fully saturated rings. The molecule has 0 spiro atoms. The summed E-state index contributed by atoms with van der Waals surface area (Å²) in [6.45, 7) is 13.6. The lowest BCUT2D eigenvalue weighted by molar-refractivity contribution is 0.0406. The molecule has 0 saturated heterocycles. The van der Waals surface area contributed by atoms with Crippen molar-refractivity contribution < 1.29 is 18.7 Å². The number of aromatic nitrogens is 1. The third-order valence-electron chi connectivity index (χ3n) is 5.33. The van der Waals surface area contributed by atoms with E-state index in [4.69, 9.17) is 9.47 Å². The van der Waals surface area contributed by atoms with E-state index in [1.54, 1.807) is 12.3 Å². The maximum atomic E-state index is 15.3. The highest BCUT2D eigenvalue weighted by Gasteiger charge is 2.32. The molecule has 1 amide bonds.